The number of imide groups is 1. The van der Waals surface area contributed by atoms with Gasteiger partial charge in [-0.25, -0.2) is 4.79 Å². The Balaban J connectivity index is 1.16. The summed E-state index contributed by atoms with van der Waals surface area (Å²) in [6.45, 7) is 2.73. The molecule has 0 aliphatic carbocycles. The Kier molecular flexibility index (Phi) is 5.76. The smallest absolute Gasteiger partial charge is 0.319 e. The van der Waals surface area contributed by atoms with Crippen LogP contribution in [0.5, 0.6) is 0 Å². The third kappa shape index (κ3) is 4.43. The number of hydrogen-bond donors (Lipinski definition) is 3. The van der Waals surface area contributed by atoms with Gasteiger partial charge in [0.05, 0.1) is 11.4 Å². The predicted molar refractivity (Wildman–Crippen MR) is 124 cm³/mol. The molecule has 2 saturated heterocycles. The number of urea groups is 1. The summed E-state index contributed by atoms with van der Waals surface area (Å²) in [4.78, 5) is 54.0. The minimum absolute atomic E-state index is 0.195. The van der Waals surface area contributed by atoms with Gasteiger partial charge in [0, 0.05) is 42.3 Å². The van der Waals surface area contributed by atoms with Crippen molar-refractivity contribution >= 4 is 46.5 Å². The molecule has 3 aliphatic heterocycles. The fourth-order valence-corrected chi connectivity index (χ4v) is 5.65. The number of thiophene rings is 1. The molecule has 33 heavy (non-hydrogen) atoms. The first-order valence-electron chi connectivity index (χ1n) is 11.1. The molecule has 0 spiro atoms. The molecule has 2 fully saturated rings. The van der Waals surface area contributed by atoms with Crippen LogP contribution >= 0.6 is 11.3 Å². The van der Waals surface area contributed by atoms with Crippen LogP contribution in [-0.2, 0) is 22.7 Å². The van der Waals surface area contributed by atoms with Crippen LogP contribution in [0.15, 0.2) is 30.3 Å². The van der Waals surface area contributed by atoms with Crippen molar-refractivity contribution in [2.24, 2.45) is 0 Å². The lowest BCUT2D eigenvalue weighted by Crippen LogP contribution is -2.52. The first-order valence-corrected chi connectivity index (χ1v) is 12.0. The number of carbonyl (C=O) groups is 4. The highest BCUT2D eigenvalue weighted by molar-refractivity contribution is 7.14. The van der Waals surface area contributed by atoms with Gasteiger partial charge in [-0.15, -0.1) is 11.3 Å². The number of fused-ring (bicyclic) bond motifs is 1. The molecule has 3 aliphatic rings. The molecule has 10 heteroatoms. The van der Waals surface area contributed by atoms with Crippen LogP contribution in [-0.4, -0.2) is 47.8 Å². The van der Waals surface area contributed by atoms with Gasteiger partial charge in [-0.2, -0.15) is 0 Å². The van der Waals surface area contributed by atoms with Crippen molar-refractivity contribution in [3.8, 4) is 0 Å². The molecule has 4 heterocycles. The molecule has 0 bridgehead atoms. The van der Waals surface area contributed by atoms with E-state index in [1.807, 2.05) is 24.3 Å². The highest BCUT2D eigenvalue weighted by Gasteiger charge is 2.40. The van der Waals surface area contributed by atoms with Crippen LogP contribution in [0.25, 0.3) is 0 Å². The van der Waals surface area contributed by atoms with Crippen molar-refractivity contribution in [1.82, 2.24) is 15.5 Å². The molecular formula is C23H25N5O4S. The van der Waals surface area contributed by atoms with Crippen molar-refractivity contribution in [3.63, 3.8) is 0 Å². The Morgan fingerprint density at radius 1 is 1.15 bits per heavy atom. The molecule has 5 amide bonds. The highest BCUT2D eigenvalue weighted by Crippen LogP contribution is 2.33. The lowest BCUT2D eigenvalue weighted by molar-refractivity contribution is -0.136. The molecule has 3 N–H and O–H groups in total. The number of benzene rings is 1. The van der Waals surface area contributed by atoms with Gasteiger partial charge in [0.25, 0.3) is 5.91 Å². The number of piperidine rings is 1. The van der Waals surface area contributed by atoms with Gasteiger partial charge in [-0.3, -0.25) is 19.7 Å². The monoisotopic (exact) mass is 467 g/mol. The molecule has 2 aromatic rings. The maximum atomic E-state index is 12.8. The van der Waals surface area contributed by atoms with Gasteiger partial charge in [-0.05, 0) is 49.1 Å². The van der Waals surface area contributed by atoms with Gasteiger partial charge in [0.1, 0.15) is 6.04 Å². The first-order chi connectivity index (χ1) is 16.0. The number of rotatable bonds is 5. The van der Waals surface area contributed by atoms with E-state index in [4.69, 9.17) is 0 Å². The molecule has 1 unspecified atom stereocenters. The SMILES string of the molecule is O=C1CCC(N2Cc3cc(CNC(=O)Nc4cccc(N5CCCC5)c4)sc3C2=O)C(=O)N1. The minimum Gasteiger partial charge on any atom is -0.371 e. The third-order valence-electron chi connectivity index (χ3n) is 6.24. The van der Waals surface area contributed by atoms with E-state index in [2.05, 4.69) is 26.9 Å². The van der Waals surface area contributed by atoms with Gasteiger partial charge in [0.2, 0.25) is 11.8 Å². The second-order valence-corrected chi connectivity index (χ2v) is 9.66. The van der Waals surface area contributed by atoms with Crippen LogP contribution in [0.3, 0.4) is 0 Å². The second kappa shape index (κ2) is 8.86. The zero-order valence-corrected chi connectivity index (χ0v) is 18.9. The van der Waals surface area contributed by atoms with E-state index >= 15 is 0 Å². The van der Waals surface area contributed by atoms with Crippen LogP contribution < -0.4 is 20.9 Å². The molecule has 0 saturated carbocycles. The molecule has 1 atom stereocenters. The summed E-state index contributed by atoms with van der Waals surface area (Å²) < 4.78 is 0. The van der Waals surface area contributed by atoms with Crippen LogP contribution in [0.4, 0.5) is 16.2 Å². The number of hydrogen-bond acceptors (Lipinski definition) is 6. The summed E-state index contributed by atoms with van der Waals surface area (Å²) in [5.41, 5.74) is 2.70. The topological polar surface area (TPSA) is 111 Å². The summed E-state index contributed by atoms with van der Waals surface area (Å²) in [7, 11) is 0. The lowest BCUT2D eigenvalue weighted by atomic mass is 10.0. The molecule has 172 valence electrons. The van der Waals surface area contributed by atoms with E-state index in [-0.39, 0.29) is 24.3 Å². The average Bonchev–Trinajstić information content (AvgIpc) is 3.52. The van der Waals surface area contributed by atoms with Crippen molar-refractivity contribution in [2.75, 3.05) is 23.3 Å². The summed E-state index contributed by atoms with van der Waals surface area (Å²) >= 11 is 1.33. The van der Waals surface area contributed by atoms with Gasteiger partial charge in [0.15, 0.2) is 0 Å². The maximum Gasteiger partial charge on any atom is 0.319 e. The molecule has 5 rings (SSSR count). The van der Waals surface area contributed by atoms with E-state index in [0.717, 1.165) is 34.9 Å². The highest BCUT2D eigenvalue weighted by atomic mass is 32.1. The first kappa shape index (κ1) is 21.4. The van der Waals surface area contributed by atoms with Crippen LogP contribution in [0.2, 0.25) is 0 Å². The summed E-state index contributed by atoms with van der Waals surface area (Å²) in [6, 6.07) is 8.81. The van der Waals surface area contributed by atoms with Gasteiger partial charge < -0.3 is 20.4 Å². The van der Waals surface area contributed by atoms with E-state index in [1.54, 1.807) is 0 Å². The van der Waals surface area contributed by atoms with Crippen molar-refractivity contribution in [2.45, 2.75) is 44.8 Å². The fourth-order valence-electron chi connectivity index (χ4n) is 4.59. The van der Waals surface area contributed by atoms with Crippen LogP contribution in [0, 0.1) is 0 Å². The molecule has 0 radical (unpaired) electrons. The Morgan fingerprint density at radius 2 is 1.97 bits per heavy atom. The molecule has 1 aromatic heterocycles. The summed E-state index contributed by atoms with van der Waals surface area (Å²) in [5, 5.41) is 8.02. The maximum absolute atomic E-state index is 12.8. The largest absolute Gasteiger partial charge is 0.371 e. The number of carbonyl (C=O) groups excluding carboxylic acids is 4. The predicted octanol–water partition coefficient (Wildman–Crippen LogP) is 2.43. The van der Waals surface area contributed by atoms with E-state index < -0.39 is 11.9 Å². The van der Waals surface area contributed by atoms with E-state index in [0.29, 0.717) is 24.4 Å². The van der Waals surface area contributed by atoms with Crippen molar-refractivity contribution < 1.29 is 19.2 Å². The Labute approximate surface area is 195 Å². The molecule has 9 nitrogen and oxygen atoms in total. The Bertz CT molecular complexity index is 1120. The standard InChI is InChI=1S/C23H25N5O4S/c29-19-7-6-18(21(30)26-19)28-13-14-10-17(33-20(14)22(28)31)12-24-23(32)25-15-4-3-5-16(11-15)27-8-1-2-9-27/h3-5,10-11,18H,1-2,6-9,12-13H2,(H2,24,25,32)(H,26,29,30). The number of nitrogens with one attached hydrogen (secondary N) is 3. The fraction of sp³-hybridized carbons (Fsp3) is 0.391. The quantitative estimate of drug-likeness (QED) is 0.585. The van der Waals surface area contributed by atoms with E-state index in [9.17, 15) is 19.2 Å². The minimum atomic E-state index is -0.613. The third-order valence-corrected chi connectivity index (χ3v) is 7.41. The zero-order valence-electron chi connectivity index (χ0n) is 18.1. The summed E-state index contributed by atoms with van der Waals surface area (Å²) in [5.74, 6) is -0.909. The number of nitrogens with zero attached hydrogens (tertiary/aromatic N) is 2. The Morgan fingerprint density at radius 3 is 2.73 bits per heavy atom. The Hall–Kier alpha value is -3.40. The van der Waals surface area contributed by atoms with Crippen molar-refractivity contribution in [1.29, 1.82) is 0 Å². The normalized spacial score (nSPS) is 20.1. The number of anilines is 2. The van der Waals surface area contributed by atoms with Gasteiger partial charge >= 0.3 is 6.03 Å². The van der Waals surface area contributed by atoms with Crippen molar-refractivity contribution in [3.05, 3.63) is 45.6 Å². The molecular weight excluding hydrogens is 442 g/mol. The molecule has 1 aromatic carbocycles. The average molecular weight is 468 g/mol. The van der Waals surface area contributed by atoms with Crippen LogP contribution in [0.1, 0.15) is 45.8 Å². The van der Waals surface area contributed by atoms with Gasteiger partial charge in [-0.1, -0.05) is 6.07 Å². The number of amides is 5. The lowest BCUT2D eigenvalue weighted by Gasteiger charge is -2.29. The zero-order chi connectivity index (χ0) is 22.9. The summed E-state index contributed by atoms with van der Waals surface area (Å²) in [6.07, 6.45) is 2.96. The van der Waals surface area contributed by atoms with E-state index in [1.165, 1.54) is 29.1 Å². The second-order valence-electron chi connectivity index (χ2n) is 8.52.